The number of benzene rings is 1. The molecule has 27 heavy (non-hydrogen) atoms. The van der Waals surface area contributed by atoms with Crippen molar-refractivity contribution >= 4 is 29.5 Å². The molecule has 144 valence electrons. The molecule has 1 N–H and O–H groups in total. The molecule has 0 aromatic heterocycles. The Labute approximate surface area is 163 Å². The zero-order valence-corrected chi connectivity index (χ0v) is 15.8. The van der Waals surface area contributed by atoms with E-state index in [1.165, 1.54) is 0 Å². The van der Waals surface area contributed by atoms with Crippen LogP contribution in [0.5, 0.6) is 0 Å². The molecule has 1 aliphatic carbocycles. The Morgan fingerprint density at radius 1 is 1.22 bits per heavy atom. The topological polar surface area (TPSA) is 67.9 Å². The predicted molar refractivity (Wildman–Crippen MR) is 101 cm³/mol. The fourth-order valence-corrected chi connectivity index (χ4v) is 4.18. The maximum atomic E-state index is 12.7. The van der Waals surface area contributed by atoms with Gasteiger partial charge in [-0.2, -0.15) is 0 Å². The number of hydrogen-bond acceptors (Lipinski definition) is 4. The molecule has 2 aliphatic heterocycles. The van der Waals surface area contributed by atoms with Crippen molar-refractivity contribution in [3.05, 3.63) is 40.6 Å². The Hall–Kier alpha value is -2.05. The predicted octanol–water partition coefficient (Wildman–Crippen LogP) is 2.22. The van der Waals surface area contributed by atoms with Gasteiger partial charge in [0.1, 0.15) is 6.10 Å². The molecule has 4 rings (SSSR count). The summed E-state index contributed by atoms with van der Waals surface area (Å²) >= 11 is 6.17. The number of nitrogens with zero attached hydrogens (tertiary/aromatic N) is 1. The lowest BCUT2D eigenvalue weighted by Crippen LogP contribution is -2.55. The molecule has 3 aliphatic rings. The minimum Gasteiger partial charge on any atom is -0.483 e. The summed E-state index contributed by atoms with van der Waals surface area (Å²) in [5, 5.41) is 3.60. The first kappa shape index (κ1) is 18.3. The Bertz CT molecular complexity index is 760. The molecule has 3 unspecified atom stereocenters. The third kappa shape index (κ3) is 3.96. The van der Waals surface area contributed by atoms with Gasteiger partial charge < -0.3 is 19.7 Å². The van der Waals surface area contributed by atoms with Gasteiger partial charge in [0.05, 0.1) is 19.3 Å². The minimum absolute atomic E-state index is 0.0673. The van der Waals surface area contributed by atoms with E-state index in [-0.39, 0.29) is 35.6 Å². The molecule has 2 amide bonds. The summed E-state index contributed by atoms with van der Waals surface area (Å²) in [6.45, 7) is 2.50. The molecule has 3 fully saturated rings. The normalized spacial score (nSPS) is 29.7. The van der Waals surface area contributed by atoms with E-state index in [2.05, 4.69) is 5.32 Å². The number of carbonyl (C=O) groups is 2. The molecule has 7 heteroatoms. The molecular formula is C20H23ClN2O4. The second kappa shape index (κ2) is 7.90. The van der Waals surface area contributed by atoms with Gasteiger partial charge in [-0.3, -0.25) is 9.59 Å². The minimum atomic E-state index is -0.254. The lowest BCUT2D eigenvalue weighted by Gasteiger charge is -2.41. The van der Waals surface area contributed by atoms with Crippen LogP contribution in [0.15, 0.2) is 30.0 Å². The molecule has 2 saturated heterocycles. The van der Waals surface area contributed by atoms with Crippen LogP contribution in [0.4, 0.5) is 0 Å². The van der Waals surface area contributed by atoms with Gasteiger partial charge in [-0.25, -0.2) is 0 Å². The summed E-state index contributed by atoms with van der Waals surface area (Å²) in [6.07, 6.45) is 3.70. The van der Waals surface area contributed by atoms with Crippen LogP contribution in [0.25, 0.3) is 6.08 Å². The van der Waals surface area contributed by atoms with E-state index in [1.54, 1.807) is 12.1 Å². The molecule has 3 atom stereocenters. The van der Waals surface area contributed by atoms with Crippen molar-refractivity contribution in [1.82, 2.24) is 10.2 Å². The van der Waals surface area contributed by atoms with Gasteiger partial charge in [0.15, 0.2) is 5.76 Å². The first-order valence-electron chi connectivity index (χ1n) is 9.42. The number of ether oxygens (including phenoxy) is 2. The molecule has 1 aromatic rings. The standard InChI is InChI=1S/C20H23ClN2O4/c21-15-4-2-1-3-13(15)12-18-19(24)22-16-11-14(5-6-17(16)27-18)20(25)23-7-9-26-10-8-23/h1-4,12,14,16-17H,5-11H2,(H,22,24)/b18-12-. The monoisotopic (exact) mass is 390 g/mol. The number of carbonyl (C=O) groups excluding carboxylic acids is 2. The van der Waals surface area contributed by atoms with Gasteiger partial charge in [0, 0.05) is 24.0 Å². The van der Waals surface area contributed by atoms with Crippen molar-refractivity contribution in [2.24, 2.45) is 5.92 Å². The third-order valence-corrected chi connectivity index (χ3v) is 5.81. The van der Waals surface area contributed by atoms with Gasteiger partial charge in [0.25, 0.3) is 5.91 Å². The van der Waals surface area contributed by atoms with Crippen molar-refractivity contribution in [3.63, 3.8) is 0 Å². The highest BCUT2D eigenvalue weighted by Gasteiger charge is 2.41. The molecule has 2 heterocycles. The van der Waals surface area contributed by atoms with Gasteiger partial charge in [-0.15, -0.1) is 0 Å². The highest BCUT2D eigenvalue weighted by atomic mass is 35.5. The van der Waals surface area contributed by atoms with E-state index >= 15 is 0 Å². The van der Waals surface area contributed by atoms with Crippen LogP contribution < -0.4 is 5.32 Å². The highest BCUT2D eigenvalue weighted by Crippen LogP contribution is 2.33. The SMILES string of the molecule is O=C1NC2CC(C(=O)N3CCOCC3)CCC2O/C1=C\c1ccccc1Cl. The zero-order valence-electron chi connectivity index (χ0n) is 15.0. The van der Waals surface area contributed by atoms with Gasteiger partial charge >= 0.3 is 0 Å². The summed E-state index contributed by atoms with van der Waals surface area (Å²) in [6, 6.07) is 7.19. The van der Waals surface area contributed by atoms with E-state index in [4.69, 9.17) is 21.1 Å². The van der Waals surface area contributed by atoms with Crippen LogP contribution >= 0.6 is 11.6 Å². The van der Waals surface area contributed by atoms with Crippen LogP contribution in [-0.4, -0.2) is 55.2 Å². The van der Waals surface area contributed by atoms with E-state index in [9.17, 15) is 9.59 Å². The lowest BCUT2D eigenvalue weighted by atomic mass is 9.82. The van der Waals surface area contributed by atoms with Crippen LogP contribution in [0.2, 0.25) is 5.02 Å². The highest BCUT2D eigenvalue weighted by molar-refractivity contribution is 6.32. The van der Waals surface area contributed by atoms with E-state index < -0.39 is 0 Å². The molecule has 0 radical (unpaired) electrons. The Kier molecular flexibility index (Phi) is 5.36. The smallest absolute Gasteiger partial charge is 0.286 e. The summed E-state index contributed by atoms with van der Waals surface area (Å²) in [7, 11) is 0. The summed E-state index contributed by atoms with van der Waals surface area (Å²) < 4.78 is 11.3. The summed E-state index contributed by atoms with van der Waals surface area (Å²) in [5.74, 6) is 0.128. The van der Waals surface area contributed by atoms with Crippen molar-refractivity contribution in [1.29, 1.82) is 0 Å². The maximum Gasteiger partial charge on any atom is 0.286 e. The Morgan fingerprint density at radius 3 is 2.78 bits per heavy atom. The Balaban J connectivity index is 1.42. The molecule has 1 saturated carbocycles. The molecular weight excluding hydrogens is 368 g/mol. The number of nitrogens with one attached hydrogen (secondary N) is 1. The van der Waals surface area contributed by atoms with Crippen molar-refractivity contribution < 1.29 is 19.1 Å². The first-order chi connectivity index (χ1) is 13.1. The molecule has 0 bridgehead atoms. The average Bonchev–Trinajstić information content (AvgIpc) is 2.70. The zero-order chi connectivity index (χ0) is 18.8. The third-order valence-electron chi connectivity index (χ3n) is 5.47. The molecule has 0 spiro atoms. The second-order valence-electron chi connectivity index (χ2n) is 7.21. The van der Waals surface area contributed by atoms with Crippen LogP contribution in [-0.2, 0) is 19.1 Å². The lowest BCUT2D eigenvalue weighted by molar-refractivity contribution is -0.144. The van der Waals surface area contributed by atoms with Crippen LogP contribution in [0, 0.1) is 5.92 Å². The van der Waals surface area contributed by atoms with Crippen molar-refractivity contribution in [2.75, 3.05) is 26.3 Å². The quantitative estimate of drug-likeness (QED) is 0.786. The molecule has 6 nitrogen and oxygen atoms in total. The van der Waals surface area contributed by atoms with Crippen LogP contribution in [0.3, 0.4) is 0 Å². The second-order valence-corrected chi connectivity index (χ2v) is 7.62. The van der Waals surface area contributed by atoms with E-state index in [0.29, 0.717) is 37.7 Å². The Morgan fingerprint density at radius 2 is 2.00 bits per heavy atom. The van der Waals surface area contributed by atoms with Crippen molar-refractivity contribution in [3.8, 4) is 0 Å². The maximum absolute atomic E-state index is 12.7. The van der Waals surface area contributed by atoms with Gasteiger partial charge in [0.2, 0.25) is 5.91 Å². The van der Waals surface area contributed by atoms with Gasteiger partial charge in [-0.05, 0) is 37.0 Å². The number of rotatable bonds is 2. The molecule has 1 aromatic carbocycles. The van der Waals surface area contributed by atoms with E-state index in [1.807, 2.05) is 23.1 Å². The summed E-state index contributed by atoms with van der Waals surface area (Å²) in [5.41, 5.74) is 0.749. The fraction of sp³-hybridized carbons (Fsp3) is 0.500. The number of hydrogen-bond donors (Lipinski definition) is 1. The first-order valence-corrected chi connectivity index (χ1v) is 9.80. The van der Waals surface area contributed by atoms with Crippen molar-refractivity contribution in [2.45, 2.75) is 31.4 Å². The van der Waals surface area contributed by atoms with E-state index in [0.717, 1.165) is 18.4 Å². The summed E-state index contributed by atoms with van der Waals surface area (Å²) in [4.78, 5) is 27.1. The number of halogens is 1. The number of amides is 2. The average molecular weight is 391 g/mol. The number of fused-ring (bicyclic) bond motifs is 1. The van der Waals surface area contributed by atoms with Gasteiger partial charge in [-0.1, -0.05) is 29.8 Å². The number of morpholine rings is 2. The largest absolute Gasteiger partial charge is 0.483 e. The fourth-order valence-electron chi connectivity index (χ4n) is 3.99. The van der Waals surface area contributed by atoms with Crippen LogP contribution in [0.1, 0.15) is 24.8 Å².